The Kier molecular flexibility index (Phi) is 4.37. The summed E-state index contributed by atoms with van der Waals surface area (Å²) in [6.45, 7) is 4.34. The molecule has 7 nitrogen and oxygen atoms in total. The summed E-state index contributed by atoms with van der Waals surface area (Å²) in [6.07, 6.45) is 2.74. The van der Waals surface area contributed by atoms with Gasteiger partial charge in [0, 0.05) is 38.1 Å². The third kappa shape index (κ3) is 3.22. The summed E-state index contributed by atoms with van der Waals surface area (Å²) >= 11 is 1.42. The number of hydrogen-bond acceptors (Lipinski definition) is 6. The predicted molar refractivity (Wildman–Crippen MR) is 98.5 cm³/mol. The van der Waals surface area contributed by atoms with E-state index in [9.17, 15) is 10.1 Å². The Morgan fingerprint density at radius 3 is 2.64 bits per heavy atom. The maximum Gasteiger partial charge on any atom is 0.373 e. The average Bonchev–Trinajstić information content (AvgIpc) is 3.22. The molecule has 3 aromatic rings. The number of aromatic nitrogens is 2. The summed E-state index contributed by atoms with van der Waals surface area (Å²) in [4.78, 5) is 20.8. The second kappa shape index (κ2) is 6.81. The van der Waals surface area contributed by atoms with Gasteiger partial charge in [0.15, 0.2) is 0 Å². The molecule has 0 atom stereocenters. The van der Waals surface area contributed by atoms with Crippen LogP contribution in [-0.4, -0.2) is 51.9 Å². The van der Waals surface area contributed by atoms with Gasteiger partial charge in [-0.1, -0.05) is 41.7 Å². The minimum atomic E-state index is -0.330. The monoisotopic (exact) mass is 357 g/mol. The SMILES string of the molecule is O=[N+]([O-])c1c(N2CCN(CCc3ccccc3)CC2)nc2sccn12. The van der Waals surface area contributed by atoms with Crippen LogP contribution < -0.4 is 4.90 Å². The molecule has 4 rings (SSSR count). The lowest BCUT2D eigenvalue weighted by Gasteiger charge is -2.34. The van der Waals surface area contributed by atoms with Crippen molar-refractivity contribution in [1.29, 1.82) is 0 Å². The Hall–Kier alpha value is -2.45. The number of benzene rings is 1. The van der Waals surface area contributed by atoms with Crippen LogP contribution in [0.4, 0.5) is 11.6 Å². The summed E-state index contributed by atoms with van der Waals surface area (Å²) in [5, 5.41) is 13.3. The molecule has 0 spiro atoms. The molecule has 25 heavy (non-hydrogen) atoms. The van der Waals surface area contributed by atoms with Gasteiger partial charge in [-0.05, 0) is 16.9 Å². The largest absolute Gasteiger partial charge is 0.373 e. The minimum absolute atomic E-state index is 0.0778. The molecule has 0 amide bonds. The van der Waals surface area contributed by atoms with E-state index in [0.717, 1.165) is 39.1 Å². The summed E-state index contributed by atoms with van der Waals surface area (Å²) in [5.74, 6) is 0.577. The van der Waals surface area contributed by atoms with Crippen molar-refractivity contribution < 1.29 is 4.92 Å². The lowest BCUT2D eigenvalue weighted by Crippen LogP contribution is -2.47. The molecule has 1 saturated heterocycles. The topological polar surface area (TPSA) is 66.9 Å². The van der Waals surface area contributed by atoms with Crippen molar-refractivity contribution in [2.45, 2.75) is 6.42 Å². The van der Waals surface area contributed by atoms with Gasteiger partial charge in [0.2, 0.25) is 5.82 Å². The molecule has 0 aliphatic carbocycles. The van der Waals surface area contributed by atoms with E-state index in [4.69, 9.17) is 0 Å². The van der Waals surface area contributed by atoms with Gasteiger partial charge in [0.25, 0.3) is 4.96 Å². The van der Waals surface area contributed by atoms with Gasteiger partial charge in [-0.15, -0.1) is 0 Å². The summed E-state index contributed by atoms with van der Waals surface area (Å²) in [7, 11) is 0. The van der Waals surface area contributed by atoms with Crippen LogP contribution in [0.1, 0.15) is 5.56 Å². The van der Waals surface area contributed by atoms with Gasteiger partial charge in [0.1, 0.15) is 6.20 Å². The van der Waals surface area contributed by atoms with E-state index in [1.807, 2.05) is 16.3 Å². The molecule has 130 valence electrons. The standard InChI is InChI=1S/C17H19N5O2S/c23-22(24)16-15(18-17-21(16)12-13-25-17)20-10-8-19(9-11-20)7-6-14-4-2-1-3-5-14/h1-5,12-13H,6-11H2. The molecule has 1 fully saturated rings. The van der Waals surface area contributed by atoms with Crippen molar-refractivity contribution in [3.05, 3.63) is 57.6 Å². The molecule has 1 aliphatic heterocycles. The zero-order valence-corrected chi connectivity index (χ0v) is 14.6. The first-order valence-electron chi connectivity index (χ1n) is 8.33. The number of thiazole rings is 1. The summed E-state index contributed by atoms with van der Waals surface area (Å²) < 4.78 is 1.57. The molecule has 8 heteroatoms. The Morgan fingerprint density at radius 2 is 1.92 bits per heavy atom. The average molecular weight is 357 g/mol. The highest BCUT2D eigenvalue weighted by Crippen LogP contribution is 2.31. The van der Waals surface area contributed by atoms with Gasteiger partial charge in [0.05, 0.1) is 0 Å². The molecular weight excluding hydrogens is 338 g/mol. The van der Waals surface area contributed by atoms with E-state index in [-0.39, 0.29) is 10.7 Å². The van der Waals surface area contributed by atoms with E-state index >= 15 is 0 Å². The molecule has 1 aromatic carbocycles. The third-order valence-corrected chi connectivity index (χ3v) is 5.38. The fraction of sp³-hybridized carbons (Fsp3) is 0.353. The lowest BCUT2D eigenvalue weighted by molar-refractivity contribution is -0.389. The number of anilines is 1. The number of imidazole rings is 1. The van der Waals surface area contributed by atoms with Crippen molar-refractivity contribution >= 4 is 27.9 Å². The van der Waals surface area contributed by atoms with Crippen LogP contribution in [0.25, 0.3) is 4.96 Å². The molecular formula is C17H19N5O2S. The van der Waals surface area contributed by atoms with E-state index in [1.54, 1.807) is 10.6 Å². The van der Waals surface area contributed by atoms with Crippen LogP contribution in [0.5, 0.6) is 0 Å². The van der Waals surface area contributed by atoms with Crippen molar-refractivity contribution in [3.63, 3.8) is 0 Å². The van der Waals surface area contributed by atoms with Crippen LogP contribution in [0.3, 0.4) is 0 Å². The maximum atomic E-state index is 11.5. The number of piperazine rings is 1. The molecule has 0 unspecified atom stereocenters. The first-order chi connectivity index (χ1) is 12.2. The fourth-order valence-corrected chi connectivity index (χ4v) is 3.96. The number of hydrogen-bond donors (Lipinski definition) is 0. The molecule has 0 bridgehead atoms. The van der Waals surface area contributed by atoms with E-state index < -0.39 is 0 Å². The molecule has 0 radical (unpaired) electrons. The van der Waals surface area contributed by atoms with E-state index in [0.29, 0.717) is 10.8 Å². The van der Waals surface area contributed by atoms with Crippen molar-refractivity contribution in [3.8, 4) is 0 Å². The number of rotatable bonds is 5. The molecule has 3 heterocycles. The highest BCUT2D eigenvalue weighted by Gasteiger charge is 2.29. The highest BCUT2D eigenvalue weighted by atomic mass is 32.1. The zero-order chi connectivity index (χ0) is 17.2. The number of nitrogens with zero attached hydrogens (tertiary/aromatic N) is 5. The first kappa shape index (κ1) is 16.0. The van der Waals surface area contributed by atoms with E-state index in [1.165, 1.54) is 16.9 Å². The molecule has 0 saturated carbocycles. The van der Waals surface area contributed by atoms with E-state index in [2.05, 4.69) is 34.1 Å². The van der Waals surface area contributed by atoms with Crippen molar-refractivity contribution in [2.75, 3.05) is 37.6 Å². The van der Waals surface area contributed by atoms with Crippen LogP contribution in [0, 0.1) is 10.1 Å². The summed E-state index contributed by atoms with van der Waals surface area (Å²) in [6, 6.07) is 10.5. The van der Waals surface area contributed by atoms with Crippen molar-refractivity contribution in [1.82, 2.24) is 14.3 Å². The third-order valence-electron chi connectivity index (χ3n) is 4.62. The minimum Gasteiger partial charge on any atom is -0.358 e. The Morgan fingerprint density at radius 1 is 1.16 bits per heavy atom. The molecule has 0 N–H and O–H groups in total. The molecule has 2 aromatic heterocycles. The van der Waals surface area contributed by atoms with Crippen LogP contribution in [0.2, 0.25) is 0 Å². The second-order valence-electron chi connectivity index (χ2n) is 6.14. The van der Waals surface area contributed by atoms with Gasteiger partial charge in [-0.25, -0.2) is 0 Å². The summed E-state index contributed by atoms with van der Waals surface area (Å²) in [5.41, 5.74) is 1.34. The second-order valence-corrected chi connectivity index (χ2v) is 7.01. The Balaban J connectivity index is 1.41. The first-order valence-corrected chi connectivity index (χ1v) is 9.21. The molecule has 1 aliphatic rings. The lowest BCUT2D eigenvalue weighted by atomic mass is 10.1. The maximum absolute atomic E-state index is 11.5. The van der Waals surface area contributed by atoms with Gasteiger partial charge in [-0.3, -0.25) is 4.90 Å². The van der Waals surface area contributed by atoms with Crippen LogP contribution in [-0.2, 0) is 6.42 Å². The van der Waals surface area contributed by atoms with Crippen molar-refractivity contribution in [2.24, 2.45) is 0 Å². The quantitative estimate of drug-likeness (QED) is 0.519. The zero-order valence-electron chi connectivity index (χ0n) is 13.7. The Labute approximate surface area is 149 Å². The Bertz CT molecular complexity index is 868. The van der Waals surface area contributed by atoms with Gasteiger partial charge in [-0.2, -0.15) is 9.38 Å². The predicted octanol–water partition coefficient (Wildman–Crippen LogP) is 2.67. The van der Waals surface area contributed by atoms with Crippen LogP contribution in [0.15, 0.2) is 41.9 Å². The number of fused-ring (bicyclic) bond motifs is 1. The number of nitro groups is 1. The highest BCUT2D eigenvalue weighted by molar-refractivity contribution is 7.15. The van der Waals surface area contributed by atoms with Gasteiger partial charge >= 0.3 is 5.82 Å². The van der Waals surface area contributed by atoms with Gasteiger partial charge < -0.3 is 15.0 Å². The van der Waals surface area contributed by atoms with Crippen LogP contribution >= 0.6 is 11.3 Å². The fourth-order valence-electron chi connectivity index (χ4n) is 3.26. The smallest absolute Gasteiger partial charge is 0.358 e. The normalized spacial score (nSPS) is 15.8.